The van der Waals surface area contributed by atoms with Crippen molar-refractivity contribution < 1.29 is 14.6 Å². The maximum absolute atomic E-state index is 10.4. The van der Waals surface area contributed by atoms with E-state index in [9.17, 15) is 5.11 Å². The minimum absolute atomic E-state index is 0.488. The molecule has 0 heterocycles. The molecular formula is C17H21NO3. The monoisotopic (exact) mass is 287 g/mol. The lowest BCUT2D eigenvalue weighted by molar-refractivity contribution is 0.143. The topological polar surface area (TPSA) is 64.7 Å². The average Bonchev–Trinajstić information content (AvgIpc) is 2.54. The Hall–Kier alpha value is -2.04. The number of ether oxygens (including phenoxy) is 2. The molecule has 2 atom stereocenters. The summed E-state index contributed by atoms with van der Waals surface area (Å²) < 4.78 is 10.6. The predicted octanol–water partition coefficient (Wildman–Crippen LogP) is 2.31. The fraction of sp³-hybridized carbons (Fsp3) is 0.294. The first-order valence-electron chi connectivity index (χ1n) is 6.85. The number of aliphatic hydroxyl groups is 1. The lowest BCUT2D eigenvalue weighted by Crippen LogP contribution is -2.28. The van der Waals surface area contributed by atoms with Gasteiger partial charge in [-0.2, -0.15) is 0 Å². The SMILES string of the molecule is COc1cccc([C@@H](N)[C@@H](O)Cc2ccccc2)c1OC. The number of hydrogen-bond acceptors (Lipinski definition) is 4. The van der Waals surface area contributed by atoms with Crippen molar-refractivity contribution in [2.24, 2.45) is 5.73 Å². The molecule has 0 unspecified atom stereocenters. The van der Waals surface area contributed by atoms with E-state index in [1.54, 1.807) is 20.3 Å². The Balaban J connectivity index is 2.21. The zero-order chi connectivity index (χ0) is 15.2. The first-order valence-corrected chi connectivity index (χ1v) is 6.85. The predicted molar refractivity (Wildman–Crippen MR) is 82.6 cm³/mol. The van der Waals surface area contributed by atoms with Crippen molar-refractivity contribution in [2.75, 3.05) is 14.2 Å². The molecule has 0 bridgehead atoms. The van der Waals surface area contributed by atoms with Gasteiger partial charge < -0.3 is 20.3 Å². The quantitative estimate of drug-likeness (QED) is 0.855. The Bertz CT molecular complexity index is 572. The van der Waals surface area contributed by atoms with Crippen molar-refractivity contribution in [1.29, 1.82) is 0 Å². The molecule has 4 heteroatoms. The zero-order valence-corrected chi connectivity index (χ0v) is 12.3. The van der Waals surface area contributed by atoms with Crippen molar-refractivity contribution in [3.8, 4) is 11.5 Å². The maximum atomic E-state index is 10.4. The molecule has 0 spiro atoms. The third kappa shape index (κ3) is 3.54. The average molecular weight is 287 g/mol. The van der Waals surface area contributed by atoms with Crippen LogP contribution in [0.5, 0.6) is 11.5 Å². The van der Waals surface area contributed by atoms with E-state index in [0.717, 1.165) is 11.1 Å². The Morgan fingerprint density at radius 1 is 1.00 bits per heavy atom. The molecule has 0 aliphatic carbocycles. The highest BCUT2D eigenvalue weighted by Gasteiger charge is 2.22. The smallest absolute Gasteiger partial charge is 0.165 e. The summed E-state index contributed by atoms with van der Waals surface area (Å²) in [6.07, 6.45) is -0.212. The lowest BCUT2D eigenvalue weighted by Gasteiger charge is -2.22. The van der Waals surface area contributed by atoms with E-state index in [2.05, 4.69) is 0 Å². The highest BCUT2D eigenvalue weighted by atomic mass is 16.5. The molecule has 0 saturated carbocycles. The molecule has 2 aromatic rings. The largest absolute Gasteiger partial charge is 0.493 e. The van der Waals surface area contributed by atoms with Gasteiger partial charge in [-0.15, -0.1) is 0 Å². The molecule has 112 valence electrons. The third-order valence-electron chi connectivity index (χ3n) is 3.49. The van der Waals surface area contributed by atoms with Crippen LogP contribution in [0.2, 0.25) is 0 Å². The van der Waals surface area contributed by atoms with E-state index in [0.29, 0.717) is 17.9 Å². The zero-order valence-electron chi connectivity index (χ0n) is 12.3. The Morgan fingerprint density at radius 3 is 2.33 bits per heavy atom. The summed E-state index contributed by atoms with van der Waals surface area (Å²) in [4.78, 5) is 0. The summed E-state index contributed by atoms with van der Waals surface area (Å²) in [7, 11) is 3.14. The van der Waals surface area contributed by atoms with Gasteiger partial charge in [-0.25, -0.2) is 0 Å². The number of methoxy groups -OCH3 is 2. The van der Waals surface area contributed by atoms with Gasteiger partial charge in [0.2, 0.25) is 0 Å². The van der Waals surface area contributed by atoms with Gasteiger partial charge in [-0.1, -0.05) is 42.5 Å². The number of aliphatic hydroxyl groups excluding tert-OH is 1. The molecule has 0 amide bonds. The Kier molecular flexibility index (Phi) is 5.20. The highest BCUT2D eigenvalue weighted by molar-refractivity contribution is 5.48. The van der Waals surface area contributed by atoms with Gasteiger partial charge in [0.25, 0.3) is 0 Å². The van der Waals surface area contributed by atoms with Gasteiger partial charge in [0.15, 0.2) is 11.5 Å². The maximum Gasteiger partial charge on any atom is 0.165 e. The second-order valence-corrected chi connectivity index (χ2v) is 4.87. The van der Waals surface area contributed by atoms with Crippen LogP contribution in [0.15, 0.2) is 48.5 Å². The molecule has 0 aliphatic rings. The fourth-order valence-corrected chi connectivity index (χ4v) is 2.36. The summed E-state index contributed by atoms with van der Waals surface area (Å²) in [6, 6.07) is 14.7. The number of para-hydroxylation sites is 1. The standard InChI is InChI=1S/C17H21NO3/c1-20-15-10-6-9-13(17(15)21-2)16(18)14(19)11-12-7-4-3-5-8-12/h3-10,14,16,19H,11,18H2,1-2H3/t14-,16+/m0/s1. The third-order valence-corrected chi connectivity index (χ3v) is 3.49. The molecule has 21 heavy (non-hydrogen) atoms. The van der Waals surface area contributed by atoms with E-state index in [1.165, 1.54) is 0 Å². The number of nitrogens with two attached hydrogens (primary N) is 1. The van der Waals surface area contributed by atoms with E-state index >= 15 is 0 Å². The fourth-order valence-electron chi connectivity index (χ4n) is 2.36. The van der Waals surface area contributed by atoms with Gasteiger partial charge in [-0.05, 0) is 11.6 Å². The van der Waals surface area contributed by atoms with E-state index < -0.39 is 12.1 Å². The Labute approximate surface area is 125 Å². The van der Waals surface area contributed by atoms with Crippen LogP contribution < -0.4 is 15.2 Å². The van der Waals surface area contributed by atoms with Crippen LogP contribution in [0, 0.1) is 0 Å². The lowest BCUT2D eigenvalue weighted by atomic mass is 9.96. The summed E-state index contributed by atoms with van der Waals surface area (Å²) in [5, 5.41) is 10.4. The number of rotatable bonds is 6. The molecule has 0 saturated heterocycles. The molecule has 2 rings (SSSR count). The van der Waals surface area contributed by atoms with Gasteiger partial charge in [-0.3, -0.25) is 0 Å². The van der Waals surface area contributed by atoms with Crippen molar-refractivity contribution in [3.63, 3.8) is 0 Å². The summed E-state index contributed by atoms with van der Waals surface area (Å²) in [5.41, 5.74) is 7.98. The Morgan fingerprint density at radius 2 is 1.71 bits per heavy atom. The van der Waals surface area contributed by atoms with Crippen molar-refractivity contribution in [2.45, 2.75) is 18.6 Å². The summed E-state index contributed by atoms with van der Waals surface area (Å²) >= 11 is 0. The highest BCUT2D eigenvalue weighted by Crippen LogP contribution is 2.35. The van der Waals surface area contributed by atoms with Gasteiger partial charge in [0.1, 0.15) is 0 Å². The van der Waals surface area contributed by atoms with Crippen LogP contribution in [0.25, 0.3) is 0 Å². The number of hydrogen-bond donors (Lipinski definition) is 2. The van der Waals surface area contributed by atoms with E-state index in [-0.39, 0.29) is 0 Å². The van der Waals surface area contributed by atoms with Gasteiger partial charge in [0.05, 0.1) is 26.4 Å². The van der Waals surface area contributed by atoms with Gasteiger partial charge in [0, 0.05) is 12.0 Å². The molecule has 2 aromatic carbocycles. The first-order chi connectivity index (χ1) is 10.2. The summed E-state index contributed by atoms with van der Waals surface area (Å²) in [5.74, 6) is 1.18. The number of benzene rings is 2. The normalized spacial score (nSPS) is 13.5. The second-order valence-electron chi connectivity index (χ2n) is 4.87. The van der Waals surface area contributed by atoms with E-state index in [1.807, 2.05) is 42.5 Å². The van der Waals surface area contributed by atoms with Crippen LogP contribution in [0.1, 0.15) is 17.2 Å². The molecule has 4 nitrogen and oxygen atoms in total. The summed E-state index contributed by atoms with van der Waals surface area (Å²) in [6.45, 7) is 0. The van der Waals surface area contributed by atoms with Crippen molar-refractivity contribution in [3.05, 3.63) is 59.7 Å². The molecule has 0 aromatic heterocycles. The minimum Gasteiger partial charge on any atom is -0.493 e. The van der Waals surface area contributed by atoms with Crippen molar-refractivity contribution in [1.82, 2.24) is 0 Å². The molecule has 3 N–H and O–H groups in total. The minimum atomic E-state index is -0.701. The second kappa shape index (κ2) is 7.11. The van der Waals surface area contributed by atoms with Crippen LogP contribution in [-0.2, 0) is 6.42 Å². The van der Waals surface area contributed by atoms with Crippen LogP contribution in [-0.4, -0.2) is 25.4 Å². The van der Waals surface area contributed by atoms with Gasteiger partial charge >= 0.3 is 0 Å². The first kappa shape index (κ1) is 15.4. The van der Waals surface area contributed by atoms with Crippen molar-refractivity contribution >= 4 is 0 Å². The molecule has 0 fully saturated rings. The van der Waals surface area contributed by atoms with E-state index in [4.69, 9.17) is 15.2 Å². The molecule has 0 aliphatic heterocycles. The van der Waals surface area contributed by atoms with Crippen LogP contribution in [0.3, 0.4) is 0 Å². The molecule has 0 radical (unpaired) electrons. The van der Waals surface area contributed by atoms with Crippen LogP contribution in [0.4, 0.5) is 0 Å². The van der Waals surface area contributed by atoms with Crippen LogP contribution >= 0.6 is 0 Å². The molecular weight excluding hydrogens is 266 g/mol.